The maximum absolute atomic E-state index is 12.7. The maximum Gasteiger partial charge on any atom is 0.253 e. The first-order chi connectivity index (χ1) is 13.5. The van der Waals surface area contributed by atoms with Gasteiger partial charge in [-0.05, 0) is 62.0 Å². The summed E-state index contributed by atoms with van der Waals surface area (Å²) < 4.78 is 10.9. The molecule has 3 rings (SSSR count). The summed E-state index contributed by atoms with van der Waals surface area (Å²) in [4.78, 5) is 17.8. The minimum atomic E-state index is -0.0727. The number of methoxy groups -OCH3 is 1. The van der Waals surface area contributed by atoms with Crippen LogP contribution in [-0.2, 0) is 16.0 Å². The number of rotatable bonds is 7. The van der Waals surface area contributed by atoms with Crippen LogP contribution in [-0.4, -0.2) is 54.5 Å². The van der Waals surface area contributed by atoms with E-state index in [1.165, 1.54) is 5.56 Å². The van der Waals surface area contributed by atoms with Gasteiger partial charge in [0, 0.05) is 32.4 Å². The van der Waals surface area contributed by atoms with Gasteiger partial charge in [-0.15, -0.1) is 0 Å². The molecule has 0 spiro atoms. The second-order valence-electron chi connectivity index (χ2n) is 7.41. The molecule has 152 valence electrons. The summed E-state index contributed by atoms with van der Waals surface area (Å²) in [5, 5.41) is 4.88. The van der Waals surface area contributed by atoms with Crippen molar-refractivity contribution >= 4 is 28.2 Å². The van der Waals surface area contributed by atoms with Crippen molar-refractivity contribution < 1.29 is 9.47 Å². The predicted octanol–water partition coefficient (Wildman–Crippen LogP) is 2.65. The van der Waals surface area contributed by atoms with Gasteiger partial charge in [0.2, 0.25) is 0 Å². The Morgan fingerprint density at radius 2 is 2.21 bits per heavy atom. The highest BCUT2D eigenvalue weighted by molar-refractivity contribution is 7.80. The molecule has 1 aromatic carbocycles. The average Bonchev–Trinajstić information content (AvgIpc) is 3.15. The van der Waals surface area contributed by atoms with Crippen molar-refractivity contribution in [2.45, 2.75) is 39.3 Å². The Balaban J connectivity index is 1.84. The minimum absolute atomic E-state index is 0.0727. The van der Waals surface area contributed by atoms with E-state index in [-0.39, 0.29) is 11.7 Å². The molecule has 1 saturated heterocycles. The zero-order chi connectivity index (χ0) is 20.1. The van der Waals surface area contributed by atoms with Crippen LogP contribution < -0.4 is 10.9 Å². The molecule has 28 heavy (non-hydrogen) atoms. The molecular weight excluding hydrogens is 374 g/mol. The van der Waals surface area contributed by atoms with Gasteiger partial charge < -0.3 is 24.7 Å². The molecule has 0 aliphatic carbocycles. The van der Waals surface area contributed by atoms with Crippen molar-refractivity contribution in [3.8, 4) is 0 Å². The van der Waals surface area contributed by atoms with Crippen LogP contribution >= 0.6 is 12.2 Å². The number of hydrogen-bond donors (Lipinski definition) is 2. The van der Waals surface area contributed by atoms with Crippen LogP contribution in [0.2, 0.25) is 0 Å². The first-order valence-electron chi connectivity index (χ1n) is 9.74. The largest absolute Gasteiger partial charge is 0.383 e. The molecule has 0 saturated carbocycles. The number of aromatic amines is 1. The Morgan fingerprint density at radius 3 is 2.93 bits per heavy atom. The summed E-state index contributed by atoms with van der Waals surface area (Å²) in [5.74, 6) is 0. The van der Waals surface area contributed by atoms with E-state index < -0.39 is 0 Å². The average molecular weight is 404 g/mol. The quantitative estimate of drug-likeness (QED) is 0.547. The van der Waals surface area contributed by atoms with E-state index in [9.17, 15) is 4.79 Å². The lowest BCUT2D eigenvalue weighted by Crippen LogP contribution is -2.44. The van der Waals surface area contributed by atoms with Gasteiger partial charge >= 0.3 is 0 Å². The number of aryl methyl sites for hydroxylation is 2. The third-order valence-electron chi connectivity index (χ3n) is 5.05. The monoisotopic (exact) mass is 403 g/mol. The SMILES string of the molecule is COCCNC(=S)N(Cc1cc2cc(C)cc(C)c2[nH]c1=O)C[C@H]1CCCO1. The standard InChI is InChI=1S/C21H29N3O3S/c1-14-9-15(2)19-16(10-14)11-17(20(25)23-19)12-24(13-18-5-4-7-27-18)21(28)22-6-8-26-3/h9-11,18H,4-8,12-13H2,1-3H3,(H,22,28)(H,23,25)/t18-/m1/s1. The highest BCUT2D eigenvalue weighted by Gasteiger charge is 2.22. The first kappa shape index (κ1) is 20.8. The lowest BCUT2D eigenvalue weighted by atomic mass is 10.1. The second-order valence-corrected chi connectivity index (χ2v) is 7.80. The molecule has 2 N–H and O–H groups in total. The molecule has 0 radical (unpaired) electrons. The predicted molar refractivity (Wildman–Crippen MR) is 116 cm³/mol. The normalized spacial score (nSPS) is 16.5. The van der Waals surface area contributed by atoms with E-state index in [0.29, 0.717) is 36.9 Å². The summed E-state index contributed by atoms with van der Waals surface area (Å²) in [7, 11) is 1.66. The highest BCUT2D eigenvalue weighted by Crippen LogP contribution is 2.19. The smallest absolute Gasteiger partial charge is 0.253 e. The van der Waals surface area contributed by atoms with E-state index in [2.05, 4.69) is 29.4 Å². The van der Waals surface area contributed by atoms with Gasteiger partial charge in [0.05, 0.1) is 24.8 Å². The van der Waals surface area contributed by atoms with E-state index in [0.717, 1.165) is 35.9 Å². The third-order valence-corrected chi connectivity index (χ3v) is 5.45. The van der Waals surface area contributed by atoms with Crippen LogP contribution in [0.15, 0.2) is 23.0 Å². The van der Waals surface area contributed by atoms with Gasteiger partial charge in [-0.1, -0.05) is 11.6 Å². The lowest BCUT2D eigenvalue weighted by molar-refractivity contribution is 0.0895. The van der Waals surface area contributed by atoms with Crippen LogP contribution in [0, 0.1) is 13.8 Å². The van der Waals surface area contributed by atoms with Crippen molar-refractivity contribution in [1.82, 2.24) is 15.2 Å². The molecule has 0 amide bonds. The number of hydrogen-bond acceptors (Lipinski definition) is 4. The van der Waals surface area contributed by atoms with Gasteiger partial charge in [-0.25, -0.2) is 0 Å². The van der Waals surface area contributed by atoms with Crippen LogP contribution in [0.4, 0.5) is 0 Å². The second kappa shape index (κ2) is 9.49. The van der Waals surface area contributed by atoms with E-state index >= 15 is 0 Å². The van der Waals surface area contributed by atoms with Crippen LogP contribution in [0.1, 0.15) is 29.5 Å². The lowest BCUT2D eigenvalue weighted by Gasteiger charge is -2.28. The number of nitrogens with one attached hydrogen (secondary N) is 2. The molecule has 6 nitrogen and oxygen atoms in total. The number of H-pyrrole nitrogens is 1. The topological polar surface area (TPSA) is 66.6 Å². The summed E-state index contributed by atoms with van der Waals surface area (Å²) in [6.07, 6.45) is 2.23. The number of ether oxygens (including phenoxy) is 2. The van der Waals surface area contributed by atoms with E-state index in [1.54, 1.807) is 7.11 Å². The highest BCUT2D eigenvalue weighted by atomic mass is 32.1. The fraction of sp³-hybridized carbons (Fsp3) is 0.524. The molecule has 1 atom stereocenters. The Hall–Kier alpha value is -1.96. The summed E-state index contributed by atoms with van der Waals surface area (Å²) in [6.45, 7) is 7.18. The number of fused-ring (bicyclic) bond motifs is 1. The van der Waals surface area contributed by atoms with Crippen molar-refractivity contribution in [1.29, 1.82) is 0 Å². The molecule has 7 heteroatoms. The van der Waals surface area contributed by atoms with Gasteiger partial charge in [0.1, 0.15) is 0 Å². The van der Waals surface area contributed by atoms with Crippen molar-refractivity contribution in [2.24, 2.45) is 0 Å². The Kier molecular flexibility index (Phi) is 7.04. The Labute approximate surface area is 171 Å². The van der Waals surface area contributed by atoms with Gasteiger partial charge in [0.15, 0.2) is 5.11 Å². The van der Waals surface area contributed by atoms with Gasteiger partial charge in [0.25, 0.3) is 5.56 Å². The maximum atomic E-state index is 12.7. The minimum Gasteiger partial charge on any atom is -0.383 e. The fourth-order valence-electron chi connectivity index (χ4n) is 3.68. The summed E-state index contributed by atoms with van der Waals surface area (Å²) in [6, 6.07) is 6.16. The Morgan fingerprint density at radius 1 is 1.39 bits per heavy atom. The van der Waals surface area contributed by atoms with Crippen LogP contribution in [0.25, 0.3) is 10.9 Å². The number of benzene rings is 1. The zero-order valence-corrected chi connectivity index (χ0v) is 17.7. The molecule has 1 aromatic heterocycles. The van der Waals surface area contributed by atoms with Crippen LogP contribution in [0.3, 0.4) is 0 Å². The van der Waals surface area contributed by atoms with E-state index in [4.69, 9.17) is 21.7 Å². The van der Waals surface area contributed by atoms with Gasteiger partial charge in [-0.3, -0.25) is 4.79 Å². The van der Waals surface area contributed by atoms with Gasteiger partial charge in [-0.2, -0.15) is 0 Å². The van der Waals surface area contributed by atoms with Crippen molar-refractivity contribution in [3.05, 3.63) is 45.2 Å². The first-order valence-corrected chi connectivity index (χ1v) is 10.1. The van der Waals surface area contributed by atoms with E-state index in [1.807, 2.05) is 17.9 Å². The number of thiocarbonyl (C=S) groups is 1. The molecule has 1 fully saturated rings. The summed E-state index contributed by atoms with van der Waals surface area (Å²) >= 11 is 5.59. The molecule has 2 heterocycles. The molecular formula is C21H29N3O3S. The van der Waals surface area contributed by atoms with Crippen LogP contribution in [0.5, 0.6) is 0 Å². The number of pyridine rings is 1. The molecule has 0 bridgehead atoms. The third kappa shape index (κ3) is 5.10. The number of nitrogens with zero attached hydrogens (tertiary/aromatic N) is 1. The number of aromatic nitrogens is 1. The molecule has 2 aromatic rings. The molecule has 0 unspecified atom stereocenters. The van der Waals surface area contributed by atoms with Crippen molar-refractivity contribution in [2.75, 3.05) is 33.4 Å². The summed E-state index contributed by atoms with van der Waals surface area (Å²) in [5.41, 5.74) is 3.77. The fourth-order valence-corrected chi connectivity index (χ4v) is 3.92. The zero-order valence-electron chi connectivity index (χ0n) is 16.8. The Bertz CT molecular complexity index is 890. The molecule has 1 aliphatic heterocycles. The van der Waals surface area contributed by atoms with Crippen molar-refractivity contribution in [3.63, 3.8) is 0 Å². The molecule has 1 aliphatic rings.